The van der Waals surface area contributed by atoms with E-state index in [4.69, 9.17) is 0 Å². The Morgan fingerprint density at radius 2 is 2.86 bits per heavy atom. The van der Waals surface area contributed by atoms with Crippen molar-refractivity contribution in [2.75, 3.05) is 5.88 Å². The SMILES string of the molecule is O=CC1=CNCS1. The highest BCUT2D eigenvalue weighted by atomic mass is 32.2. The Bertz CT molecular complexity index is 110. The monoisotopic (exact) mass is 115 g/mol. The highest BCUT2D eigenvalue weighted by molar-refractivity contribution is 8.04. The molecule has 38 valence electrons. The molecule has 0 unspecified atom stereocenters. The largest absolute Gasteiger partial charge is 0.381 e. The van der Waals surface area contributed by atoms with Crippen molar-refractivity contribution < 1.29 is 4.79 Å². The van der Waals surface area contributed by atoms with Crippen LogP contribution in [0.5, 0.6) is 0 Å². The molecule has 0 amide bonds. The number of hydrogen-bond acceptors (Lipinski definition) is 3. The van der Waals surface area contributed by atoms with Gasteiger partial charge >= 0.3 is 0 Å². The lowest BCUT2D eigenvalue weighted by atomic mass is 10.7. The smallest absolute Gasteiger partial charge is 0.157 e. The van der Waals surface area contributed by atoms with Gasteiger partial charge < -0.3 is 5.32 Å². The van der Waals surface area contributed by atoms with Crippen molar-refractivity contribution in [3.05, 3.63) is 11.1 Å². The summed E-state index contributed by atoms with van der Waals surface area (Å²) < 4.78 is 0. The first kappa shape index (κ1) is 4.71. The number of carbonyl (C=O) groups excluding carboxylic acids is 1. The molecule has 0 aromatic heterocycles. The van der Waals surface area contributed by atoms with Crippen LogP contribution in [0.2, 0.25) is 0 Å². The van der Waals surface area contributed by atoms with Gasteiger partial charge in [0.25, 0.3) is 0 Å². The minimum atomic E-state index is 0.792. The van der Waals surface area contributed by atoms with Gasteiger partial charge in [0.15, 0.2) is 6.29 Å². The van der Waals surface area contributed by atoms with Crippen LogP contribution in [-0.4, -0.2) is 12.2 Å². The predicted octanol–water partition coefficient (Wildman–Crippen LogP) is 0.321. The molecule has 0 aromatic rings. The van der Waals surface area contributed by atoms with Gasteiger partial charge in [0, 0.05) is 6.20 Å². The lowest BCUT2D eigenvalue weighted by Crippen LogP contribution is -1.93. The van der Waals surface area contributed by atoms with Crippen molar-refractivity contribution in [1.29, 1.82) is 0 Å². The number of thioether (sulfide) groups is 1. The molecule has 0 aliphatic carbocycles. The molecule has 1 N–H and O–H groups in total. The minimum Gasteiger partial charge on any atom is -0.381 e. The maximum absolute atomic E-state index is 9.88. The molecular formula is C4H5NOS. The van der Waals surface area contributed by atoms with Crippen molar-refractivity contribution in [1.82, 2.24) is 5.32 Å². The molecule has 0 saturated heterocycles. The third-order valence-electron chi connectivity index (χ3n) is 0.683. The van der Waals surface area contributed by atoms with Crippen LogP contribution in [0.1, 0.15) is 0 Å². The van der Waals surface area contributed by atoms with E-state index in [0.717, 1.165) is 17.1 Å². The fourth-order valence-electron chi connectivity index (χ4n) is 0.377. The molecule has 7 heavy (non-hydrogen) atoms. The molecule has 1 aliphatic heterocycles. The Balaban J connectivity index is 2.51. The second-order valence-electron chi connectivity index (χ2n) is 1.16. The summed E-state index contributed by atoms with van der Waals surface area (Å²) in [6, 6.07) is 0. The number of hydrogen-bond donors (Lipinski definition) is 1. The lowest BCUT2D eigenvalue weighted by Gasteiger charge is -1.79. The third kappa shape index (κ3) is 0.962. The fourth-order valence-corrected chi connectivity index (χ4v) is 0.945. The summed E-state index contributed by atoms with van der Waals surface area (Å²) in [5.41, 5.74) is 0. The zero-order chi connectivity index (χ0) is 5.11. The first-order valence-electron chi connectivity index (χ1n) is 1.95. The topological polar surface area (TPSA) is 29.1 Å². The van der Waals surface area contributed by atoms with E-state index in [1.54, 1.807) is 6.20 Å². The number of aldehydes is 1. The van der Waals surface area contributed by atoms with E-state index in [1.807, 2.05) is 0 Å². The predicted molar refractivity (Wildman–Crippen MR) is 29.7 cm³/mol. The average molecular weight is 115 g/mol. The molecule has 1 heterocycles. The van der Waals surface area contributed by atoms with Gasteiger partial charge in [-0.05, 0) is 0 Å². The second-order valence-corrected chi connectivity index (χ2v) is 2.21. The van der Waals surface area contributed by atoms with Gasteiger partial charge in [-0.15, -0.1) is 0 Å². The molecule has 0 bridgehead atoms. The minimum absolute atomic E-state index is 0.792. The molecule has 0 aromatic carbocycles. The maximum atomic E-state index is 9.88. The van der Waals surface area contributed by atoms with E-state index in [0.29, 0.717) is 0 Å². The highest BCUT2D eigenvalue weighted by Gasteiger charge is 1.99. The Labute approximate surface area is 46.0 Å². The van der Waals surface area contributed by atoms with E-state index in [1.165, 1.54) is 11.8 Å². The molecular weight excluding hydrogens is 110 g/mol. The summed E-state index contributed by atoms with van der Waals surface area (Å²) >= 11 is 1.52. The van der Waals surface area contributed by atoms with Gasteiger partial charge in [0.1, 0.15) is 0 Å². The van der Waals surface area contributed by atoms with Gasteiger partial charge in [-0.1, -0.05) is 11.8 Å². The van der Waals surface area contributed by atoms with Crippen LogP contribution in [0.4, 0.5) is 0 Å². The molecule has 0 atom stereocenters. The van der Waals surface area contributed by atoms with Gasteiger partial charge in [-0.25, -0.2) is 0 Å². The number of allylic oxidation sites excluding steroid dienone is 1. The van der Waals surface area contributed by atoms with Gasteiger partial charge in [-0.2, -0.15) is 0 Å². The quantitative estimate of drug-likeness (QED) is 0.499. The molecule has 2 nitrogen and oxygen atoms in total. The average Bonchev–Trinajstić information content (AvgIpc) is 2.14. The maximum Gasteiger partial charge on any atom is 0.157 e. The first-order valence-corrected chi connectivity index (χ1v) is 2.93. The summed E-state index contributed by atoms with van der Waals surface area (Å²) in [6.07, 6.45) is 2.57. The lowest BCUT2D eigenvalue weighted by molar-refractivity contribution is -0.104. The van der Waals surface area contributed by atoms with Crippen LogP contribution >= 0.6 is 11.8 Å². The summed E-state index contributed by atoms with van der Waals surface area (Å²) in [5.74, 6) is 0.841. The number of nitrogens with one attached hydrogen (secondary N) is 1. The Hall–Kier alpha value is -0.440. The van der Waals surface area contributed by atoms with Crippen molar-refractivity contribution in [2.45, 2.75) is 0 Å². The van der Waals surface area contributed by atoms with Crippen molar-refractivity contribution in [3.8, 4) is 0 Å². The zero-order valence-corrected chi connectivity index (χ0v) is 4.49. The van der Waals surface area contributed by atoms with Crippen LogP contribution in [0.15, 0.2) is 11.1 Å². The van der Waals surface area contributed by atoms with Crippen LogP contribution in [0.25, 0.3) is 0 Å². The molecule has 1 rings (SSSR count). The Kier molecular flexibility index (Phi) is 1.36. The molecule has 0 radical (unpaired) electrons. The first-order chi connectivity index (χ1) is 3.43. The molecule has 0 spiro atoms. The van der Waals surface area contributed by atoms with Crippen molar-refractivity contribution >= 4 is 18.0 Å². The number of carbonyl (C=O) groups is 1. The standard InChI is InChI=1S/C4H5NOS/c6-2-4-1-5-3-7-4/h1-2,5H,3H2. The fraction of sp³-hybridized carbons (Fsp3) is 0.250. The van der Waals surface area contributed by atoms with Crippen molar-refractivity contribution in [3.63, 3.8) is 0 Å². The highest BCUT2D eigenvalue weighted by Crippen LogP contribution is 2.14. The van der Waals surface area contributed by atoms with Crippen LogP contribution in [0, 0.1) is 0 Å². The van der Waals surface area contributed by atoms with Gasteiger partial charge in [0.2, 0.25) is 0 Å². The summed E-state index contributed by atoms with van der Waals surface area (Å²) in [6.45, 7) is 0. The molecule has 0 fully saturated rings. The molecule has 1 aliphatic rings. The summed E-state index contributed by atoms with van der Waals surface area (Å²) in [5, 5.41) is 2.89. The van der Waals surface area contributed by atoms with Gasteiger partial charge in [0.05, 0.1) is 10.8 Å². The van der Waals surface area contributed by atoms with E-state index < -0.39 is 0 Å². The summed E-state index contributed by atoms with van der Waals surface area (Å²) in [4.78, 5) is 10.7. The van der Waals surface area contributed by atoms with E-state index in [-0.39, 0.29) is 0 Å². The second kappa shape index (κ2) is 2.02. The van der Waals surface area contributed by atoms with E-state index in [9.17, 15) is 4.79 Å². The molecule has 0 saturated carbocycles. The molecule has 3 heteroatoms. The van der Waals surface area contributed by atoms with Crippen LogP contribution in [0.3, 0.4) is 0 Å². The third-order valence-corrected chi connectivity index (χ3v) is 1.54. The van der Waals surface area contributed by atoms with E-state index >= 15 is 0 Å². The van der Waals surface area contributed by atoms with E-state index in [2.05, 4.69) is 5.32 Å². The van der Waals surface area contributed by atoms with Crippen LogP contribution < -0.4 is 5.32 Å². The van der Waals surface area contributed by atoms with Crippen LogP contribution in [-0.2, 0) is 4.79 Å². The summed E-state index contributed by atoms with van der Waals surface area (Å²) in [7, 11) is 0. The van der Waals surface area contributed by atoms with Gasteiger partial charge in [-0.3, -0.25) is 4.79 Å². The zero-order valence-electron chi connectivity index (χ0n) is 3.68. The van der Waals surface area contributed by atoms with Crippen molar-refractivity contribution in [2.24, 2.45) is 0 Å². The Morgan fingerprint density at radius 1 is 2.00 bits per heavy atom. The Morgan fingerprint density at radius 3 is 3.14 bits per heavy atom. The normalized spacial score (nSPS) is 18.0. The number of rotatable bonds is 1.